The summed E-state index contributed by atoms with van der Waals surface area (Å²) in [6, 6.07) is 0. The molecule has 0 atom stereocenters. The summed E-state index contributed by atoms with van der Waals surface area (Å²) >= 11 is 2.10. The number of halogens is 1. The molecular formula is C7H7IN2O. The maximum atomic E-state index is 11.2. The van der Waals surface area contributed by atoms with Gasteiger partial charge in [-0.3, -0.25) is 4.79 Å². The Hall–Kier alpha value is -0.390. The summed E-state index contributed by atoms with van der Waals surface area (Å²) in [6.45, 7) is 0. The number of aromatic nitrogens is 2. The molecule has 0 unspecified atom stereocenters. The molecule has 11 heavy (non-hydrogen) atoms. The summed E-state index contributed by atoms with van der Waals surface area (Å²) in [4.78, 5) is 11.2. The van der Waals surface area contributed by atoms with Crippen molar-refractivity contribution in [3.63, 3.8) is 0 Å². The van der Waals surface area contributed by atoms with E-state index in [4.69, 9.17) is 0 Å². The number of fused-ring (bicyclic) bond motifs is 1. The summed E-state index contributed by atoms with van der Waals surface area (Å²) in [5.41, 5.74) is 1.91. The van der Waals surface area contributed by atoms with Gasteiger partial charge in [-0.2, -0.15) is 5.10 Å². The first-order valence-electron chi connectivity index (χ1n) is 3.55. The molecule has 0 bridgehead atoms. The molecule has 1 heterocycles. The minimum absolute atomic E-state index is 0.245. The summed E-state index contributed by atoms with van der Waals surface area (Å²) in [7, 11) is 0. The van der Waals surface area contributed by atoms with E-state index in [1.807, 2.05) is 0 Å². The van der Waals surface area contributed by atoms with Gasteiger partial charge in [0.05, 0.1) is 40.3 Å². The van der Waals surface area contributed by atoms with Gasteiger partial charge in [-0.1, -0.05) is 0 Å². The Morgan fingerprint density at radius 3 is 3.09 bits per heavy atom. The highest BCUT2D eigenvalue weighted by Gasteiger charge is 2.20. The fraction of sp³-hybridized carbons (Fsp3) is 0.429. The monoisotopic (exact) mass is 262 g/mol. The number of nitrogens with zero attached hydrogens (tertiary/aromatic N) is 2. The first-order chi connectivity index (χ1) is 5.29. The third-order valence-corrected chi connectivity index (χ3v) is 2.77. The highest BCUT2D eigenvalue weighted by Crippen LogP contribution is 2.21. The van der Waals surface area contributed by atoms with Gasteiger partial charge >= 0.3 is 0 Å². The summed E-state index contributed by atoms with van der Waals surface area (Å²) < 4.78 is 1.77. The minimum Gasteiger partial charge on any atom is -0.294 e. The molecule has 0 saturated heterocycles. The molecule has 4 heteroatoms. The van der Waals surface area contributed by atoms with Crippen molar-refractivity contribution in [3.05, 3.63) is 17.5 Å². The molecule has 0 spiro atoms. The average Bonchev–Trinajstić information content (AvgIpc) is 2.35. The molecule has 0 N–H and O–H groups in total. The molecule has 58 valence electrons. The Morgan fingerprint density at radius 1 is 1.55 bits per heavy atom. The molecular weight excluding hydrogens is 255 g/mol. The molecule has 0 aromatic carbocycles. The van der Waals surface area contributed by atoms with Crippen molar-refractivity contribution >= 4 is 28.6 Å². The lowest BCUT2D eigenvalue weighted by atomic mass is 9.97. The van der Waals surface area contributed by atoms with E-state index in [1.165, 1.54) is 0 Å². The van der Waals surface area contributed by atoms with Gasteiger partial charge in [0.15, 0.2) is 5.78 Å². The maximum Gasteiger partial charge on any atom is 0.166 e. The molecule has 0 amide bonds. The van der Waals surface area contributed by atoms with E-state index in [1.54, 1.807) is 9.09 Å². The Labute approximate surface area is 78.3 Å². The molecule has 1 aliphatic rings. The van der Waals surface area contributed by atoms with Crippen LogP contribution in [0.5, 0.6) is 0 Å². The third-order valence-electron chi connectivity index (χ3n) is 1.94. The first-order valence-corrected chi connectivity index (χ1v) is 4.52. The smallest absolute Gasteiger partial charge is 0.166 e. The Bertz CT molecular complexity index is 305. The Kier molecular flexibility index (Phi) is 1.71. The molecule has 3 nitrogen and oxygen atoms in total. The number of ketones is 1. The fourth-order valence-corrected chi connectivity index (χ4v) is 1.99. The number of hydrogen-bond acceptors (Lipinski definition) is 2. The van der Waals surface area contributed by atoms with Gasteiger partial charge in [-0.05, 0) is 12.8 Å². The van der Waals surface area contributed by atoms with Crippen LogP contribution in [-0.2, 0) is 6.42 Å². The topological polar surface area (TPSA) is 34.9 Å². The highest BCUT2D eigenvalue weighted by molar-refractivity contribution is 14.1. The fourth-order valence-electron chi connectivity index (χ4n) is 1.36. The summed E-state index contributed by atoms with van der Waals surface area (Å²) in [5, 5.41) is 4.03. The van der Waals surface area contributed by atoms with E-state index in [-0.39, 0.29) is 5.78 Å². The second-order valence-electron chi connectivity index (χ2n) is 2.64. The second kappa shape index (κ2) is 2.58. The standard InChI is InChI=1S/C7H7IN2O/c8-10-6-2-1-3-7(11)5(6)4-9-10/h4H,1-3H2. The highest BCUT2D eigenvalue weighted by atomic mass is 127. The maximum absolute atomic E-state index is 11.2. The van der Waals surface area contributed by atoms with Crippen LogP contribution in [0, 0.1) is 0 Å². The van der Waals surface area contributed by atoms with Crippen LogP contribution in [0.4, 0.5) is 0 Å². The number of carbonyl (C=O) groups excluding carboxylic acids is 1. The van der Waals surface area contributed by atoms with Gasteiger partial charge in [-0.15, -0.1) is 0 Å². The molecule has 0 saturated carbocycles. The molecule has 1 aromatic heterocycles. The predicted octanol–water partition coefficient (Wildman–Crippen LogP) is 1.60. The van der Waals surface area contributed by atoms with Crippen molar-refractivity contribution in [3.8, 4) is 0 Å². The zero-order valence-corrected chi connectivity index (χ0v) is 8.04. The van der Waals surface area contributed by atoms with E-state index in [9.17, 15) is 4.79 Å². The summed E-state index contributed by atoms with van der Waals surface area (Å²) in [5.74, 6) is 0.245. The summed E-state index contributed by atoms with van der Waals surface area (Å²) in [6.07, 6.45) is 4.32. The van der Waals surface area contributed by atoms with Gasteiger partial charge in [-0.25, -0.2) is 2.90 Å². The van der Waals surface area contributed by atoms with Gasteiger partial charge in [0, 0.05) is 6.42 Å². The normalized spacial score (nSPS) is 16.6. The number of hydrogen-bond donors (Lipinski definition) is 0. The van der Waals surface area contributed by atoms with Crippen molar-refractivity contribution in [1.82, 2.24) is 7.99 Å². The molecule has 1 aliphatic carbocycles. The first kappa shape index (κ1) is 7.27. The van der Waals surface area contributed by atoms with Crippen LogP contribution < -0.4 is 0 Å². The average molecular weight is 262 g/mol. The zero-order valence-electron chi connectivity index (χ0n) is 5.88. The van der Waals surface area contributed by atoms with E-state index >= 15 is 0 Å². The van der Waals surface area contributed by atoms with E-state index in [0.29, 0.717) is 6.42 Å². The molecule has 1 aromatic rings. The molecule has 0 aliphatic heterocycles. The molecule has 0 radical (unpaired) electrons. The van der Waals surface area contributed by atoms with Crippen LogP contribution in [0.3, 0.4) is 0 Å². The number of Topliss-reactive ketones (excluding diaryl/α,β-unsaturated/α-hetero) is 1. The van der Waals surface area contributed by atoms with Gasteiger partial charge in [0.25, 0.3) is 0 Å². The van der Waals surface area contributed by atoms with Crippen molar-refractivity contribution in [2.75, 3.05) is 0 Å². The van der Waals surface area contributed by atoms with Crippen LogP contribution in [0.2, 0.25) is 0 Å². The van der Waals surface area contributed by atoms with Crippen molar-refractivity contribution in [1.29, 1.82) is 0 Å². The van der Waals surface area contributed by atoms with Gasteiger partial charge in [0.2, 0.25) is 0 Å². The van der Waals surface area contributed by atoms with Crippen LogP contribution in [0.25, 0.3) is 0 Å². The van der Waals surface area contributed by atoms with Gasteiger partial charge < -0.3 is 0 Å². The largest absolute Gasteiger partial charge is 0.294 e. The van der Waals surface area contributed by atoms with E-state index < -0.39 is 0 Å². The number of rotatable bonds is 0. The zero-order chi connectivity index (χ0) is 7.84. The SMILES string of the molecule is O=C1CCCc2c1cnn2I. The third kappa shape index (κ3) is 1.09. The van der Waals surface area contributed by atoms with Crippen molar-refractivity contribution in [2.24, 2.45) is 0 Å². The molecule has 0 fully saturated rings. The number of carbonyl (C=O) groups is 1. The Morgan fingerprint density at radius 2 is 2.36 bits per heavy atom. The van der Waals surface area contributed by atoms with Crippen molar-refractivity contribution in [2.45, 2.75) is 19.3 Å². The predicted molar refractivity (Wildman–Crippen MR) is 48.9 cm³/mol. The Balaban J connectivity index is 2.55. The lowest BCUT2D eigenvalue weighted by Crippen LogP contribution is -2.10. The lowest BCUT2D eigenvalue weighted by Gasteiger charge is -2.08. The van der Waals surface area contributed by atoms with E-state index in [0.717, 1.165) is 24.1 Å². The lowest BCUT2D eigenvalue weighted by molar-refractivity contribution is 0.0972. The second-order valence-corrected chi connectivity index (χ2v) is 3.56. The van der Waals surface area contributed by atoms with Crippen LogP contribution in [0.15, 0.2) is 6.20 Å². The molecule has 2 rings (SSSR count). The van der Waals surface area contributed by atoms with Gasteiger partial charge in [0.1, 0.15) is 0 Å². The minimum atomic E-state index is 0.245. The quantitative estimate of drug-likeness (QED) is 0.665. The van der Waals surface area contributed by atoms with E-state index in [2.05, 4.69) is 28.0 Å². The van der Waals surface area contributed by atoms with Crippen LogP contribution >= 0.6 is 22.9 Å². The van der Waals surface area contributed by atoms with Crippen LogP contribution in [-0.4, -0.2) is 13.8 Å². The van der Waals surface area contributed by atoms with Crippen LogP contribution in [0.1, 0.15) is 28.9 Å². The van der Waals surface area contributed by atoms with Crippen molar-refractivity contribution < 1.29 is 4.79 Å².